The molecule has 0 spiro atoms. The normalized spacial score (nSPS) is 15.1. The van der Waals surface area contributed by atoms with Gasteiger partial charge in [-0.25, -0.2) is 19.9 Å². The summed E-state index contributed by atoms with van der Waals surface area (Å²) in [4.78, 5) is 34.6. The van der Waals surface area contributed by atoms with Crippen LogP contribution in [-0.2, 0) is 11.8 Å². The summed E-state index contributed by atoms with van der Waals surface area (Å²) in [6.07, 6.45) is 3.33. The zero-order chi connectivity index (χ0) is 28.5. The van der Waals surface area contributed by atoms with Gasteiger partial charge in [0.15, 0.2) is 5.82 Å². The number of imidazole rings is 1. The number of carbonyl (C=O) groups excluding carboxylic acids is 1. The summed E-state index contributed by atoms with van der Waals surface area (Å²) in [5, 5.41) is 3.41. The standard InChI is InChI=1S/C31H30N8O2/c1-5-6-29(40)39-14-13-38(17-21(39)3)28-12-9-24-30(36-28)31(33-18-32-24)35-22-7-11-27(20(2)15-22)41-23-8-10-26-25(16-23)34-19-37(26)4/h7-12,15-16,18-19,21H,13-14,17H2,1-4H3,(H,32,33,35). The third-order valence-electron chi connectivity index (χ3n) is 7.27. The van der Waals surface area contributed by atoms with E-state index in [4.69, 9.17) is 9.72 Å². The number of piperazine rings is 1. The van der Waals surface area contributed by atoms with Gasteiger partial charge in [-0.2, -0.15) is 0 Å². The number of ether oxygens (including phenoxy) is 1. The number of carbonyl (C=O) groups is 1. The monoisotopic (exact) mass is 546 g/mol. The third kappa shape index (κ3) is 5.22. The van der Waals surface area contributed by atoms with Crippen molar-refractivity contribution in [3.63, 3.8) is 0 Å². The Morgan fingerprint density at radius 1 is 1.05 bits per heavy atom. The Kier molecular flexibility index (Phi) is 6.85. The van der Waals surface area contributed by atoms with Crippen molar-refractivity contribution in [1.29, 1.82) is 0 Å². The molecule has 1 N–H and O–H groups in total. The second kappa shape index (κ2) is 10.8. The van der Waals surface area contributed by atoms with Crippen molar-refractivity contribution < 1.29 is 9.53 Å². The van der Waals surface area contributed by atoms with Crippen molar-refractivity contribution >= 4 is 45.3 Å². The predicted octanol–water partition coefficient (Wildman–Crippen LogP) is 4.82. The Balaban J connectivity index is 1.21. The largest absolute Gasteiger partial charge is 0.457 e. The van der Waals surface area contributed by atoms with Crippen LogP contribution >= 0.6 is 0 Å². The lowest BCUT2D eigenvalue weighted by atomic mass is 10.2. The Morgan fingerprint density at radius 2 is 1.93 bits per heavy atom. The van der Waals surface area contributed by atoms with E-state index in [1.165, 1.54) is 6.33 Å². The minimum absolute atomic E-state index is 0.0220. The maximum atomic E-state index is 12.3. The number of aromatic nitrogens is 5. The smallest absolute Gasteiger partial charge is 0.298 e. The number of nitrogens with one attached hydrogen (secondary N) is 1. The SMILES string of the molecule is CC#CC(=O)N1CCN(c2ccc3ncnc(Nc4ccc(Oc5ccc6c(c5)ncn6C)c(C)c4)c3n2)CC1C. The molecular weight excluding hydrogens is 516 g/mol. The molecule has 1 fully saturated rings. The summed E-state index contributed by atoms with van der Waals surface area (Å²) in [7, 11) is 1.97. The maximum Gasteiger partial charge on any atom is 0.298 e. The number of hydrogen-bond acceptors (Lipinski definition) is 8. The molecular formula is C31H30N8O2. The molecule has 6 rings (SSSR count). The molecule has 5 aromatic rings. The second-order valence-corrected chi connectivity index (χ2v) is 10.1. The lowest BCUT2D eigenvalue weighted by molar-refractivity contribution is -0.127. The first kappa shape index (κ1) is 26.1. The number of pyridine rings is 1. The van der Waals surface area contributed by atoms with Crippen LogP contribution in [0.15, 0.2) is 61.2 Å². The van der Waals surface area contributed by atoms with E-state index in [1.807, 2.05) is 78.9 Å². The summed E-state index contributed by atoms with van der Waals surface area (Å²) in [6.45, 7) is 7.65. The van der Waals surface area contributed by atoms with Crippen molar-refractivity contribution in [3.05, 3.63) is 66.7 Å². The molecule has 10 heteroatoms. The molecule has 1 amide bonds. The van der Waals surface area contributed by atoms with Gasteiger partial charge in [0.25, 0.3) is 5.91 Å². The number of anilines is 3. The molecule has 1 unspecified atom stereocenters. The van der Waals surface area contributed by atoms with Gasteiger partial charge in [0, 0.05) is 44.5 Å². The van der Waals surface area contributed by atoms with Gasteiger partial charge in [0.2, 0.25) is 0 Å². The molecule has 0 bridgehead atoms. The third-order valence-corrected chi connectivity index (χ3v) is 7.27. The highest BCUT2D eigenvalue weighted by atomic mass is 16.5. The molecule has 0 radical (unpaired) electrons. The molecule has 2 aromatic carbocycles. The fourth-order valence-electron chi connectivity index (χ4n) is 5.13. The Hall–Kier alpha value is -5.17. The van der Waals surface area contributed by atoms with Crippen LogP contribution in [0.5, 0.6) is 11.5 Å². The fraction of sp³-hybridized carbons (Fsp3) is 0.258. The Bertz CT molecular complexity index is 1840. The molecule has 4 heterocycles. The van der Waals surface area contributed by atoms with Gasteiger partial charge in [-0.3, -0.25) is 4.79 Å². The zero-order valence-electron chi connectivity index (χ0n) is 23.4. The number of rotatable bonds is 5. The van der Waals surface area contributed by atoms with E-state index < -0.39 is 0 Å². The molecule has 1 saturated heterocycles. The van der Waals surface area contributed by atoms with E-state index in [0.717, 1.165) is 45.1 Å². The van der Waals surface area contributed by atoms with Gasteiger partial charge in [-0.05, 0) is 74.7 Å². The highest BCUT2D eigenvalue weighted by Crippen LogP contribution is 2.31. The summed E-state index contributed by atoms with van der Waals surface area (Å²) < 4.78 is 8.16. The first-order valence-electron chi connectivity index (χ1n) is 13.5. The first-order valence-corrected chi connectivity index (χ1v) is 13.5. The van der Waals surface area contributed by atoms with E-state index >= 15 is 0 Å². The van der Waals surface area contributed by atoms with Gasteiger partial charge >= 0.3 is 0 Å². The average Bonchev–Trinajstić information content (AvgIpc) is 3.34. The lowest BCUT2D eigenvalue weighted by Crippen LogP contribution is -2.54. The molecule has 0 aliphatic carbocycles. The van der Waals surface area contributed by atoms with Crippen LogP contribution in [0.25, 0.3) is 22.1 Å². The summed E-state index contributed by atoms with van der Waals surface area (Å²) in [5.41, 5.74) is 5.19. The number of aryl methyl sites for hydroxylation is 2. The molecule has 41 heavy (non-hydrogen) atoms. The number of benzene rings is 2. The number of nitrogens with zero attached hydrogens (tertiary/aromatic N) is 7. The van der Waals surface area contributed by atoms with Crippen molar-refractivity contribution in [2.75, 3.05) is 29.9 Å². The summed E-state index contributed by atoms with van der Waals surface area (Å²) in [5.74, 6) is 8.14. The van der Waals surface area contributed by atoms with E-state index in [0.29, 0.717) is 31.0 Å². The molecule has 0 saturated carbocycles. The van der Waals surface area contributed by atoms with Crippen molar-refractivity contribution in [2.24, 2.45) is 7.05 Å². The van der Waals surface area contributed by atoms with Crippen LogP contribution in [0.4, 0.5) is 17.3 Å². The van der Waals surface area contributed by atoms with Crippen LogP contribution in [0.2, 0.25) is 0 Å². The molecule has 10 nitrogen and oxygen atoms in total. The molecule has 206 valence electrons. The van der Waals surface area contributed by atoms with Crippen LogP contribution in [-0.4, -0.2) is 61.0 Å². The lowest BCUT2D eigenvalue weighted by Gasteiger charge is -2.39. The number of amides is 1. The van der Waals surface area contributed by atoms with Crippen LogP contribution in [0.1, 0.15) is 19.4 Å². The van der Waals surface area contributed by atoms with Crippen LogP contribution < -0.4 is 15.0 Å². The van der Waals surface area contributed by atoms with Crippen LogP contribution in [0, 0.1) is 18.8 Å². The maximum absolute atomic E-state index is 12.3. The predicted molar refractivity (Wildman–Crippen MR) is 159 cm³/mol. The van der Waals surface area contributed by atoms with Crippen LogP contribution in [0.3, 0.4) is 0 Å². The highest BCUT2D eigenvalue weighted by Gasteiger charge is 2.27. The number of fused-ring (bicyclic) bond motifs is 2. The van der Waals surface area contributed by atoms with Gasteiger partial charge in [0.05, 0.1) is 22.9 Å². The van der Waals surface area contributed by atoms with Crippen molar-refractivity contribution in [3.8, 4) is 23.3 Å². The summed E-state index contributed by atoms with van der Waals surface area (Å²) in [6, 6.07) is 15.7. The molecule has 1 aliphatic rings. The van der Waals surface area contributed by atoms with Crippen molar-refractivity contribution in [1.82, 2.24) is 29.4 Å². The van der Waals surface area contributed by atoms with Gasteiger partial charge < -0.3 is 24.4 Å². The highest BCUT2D eigenvalue weighted by molar-refractivity contribution is 5.94. The molecule has 3 aromatic heterocycles. The van der Waals surface area contributed by atoms with E-state index in [2.05, 4.69) is 37.0 Å². The first-order chi connectivity index (χ1) is 19.9. The average molecular weight is 547 g/mol. The van der Waals surface area contributed by atoms with Gasteiger partial charge in [0.1, 0.15) is 29.2 Å². The van der Waals surface area contributed by atoms with Crippen molar-refractivity contribution in [2.45, 2.75) is 26.8 Å². The topological polar surface area (TPSA) is 101 Å². The minimum atomic E-state index is -0.132. The van der Waals surface area contributed by atoms with E-state index in [1.54, 1.807) is 13.3 Å². The Morgan fingerprint density at radius 3 is 2.73 bits per heavy atom. The van der Waals surface area contributed by atoms with Gasteiger partial charge in [-0.1, -0.05) is 5.92 Å². The summed E-state index contributed by atoms with van der Waals surface area (Å²) >= 11 is 0. The molecule has 1 aliphatic heterocycles. The fourth-order valence-corrected chi connectivity index (χ4v) is 5.13. The quantitative estimate of drug-likeness (QED) is 0.313. The van der Waals surface area contributed by atoms with E-state index in [-0.39, 0.29) is 11.9 Å². The van der Waals surface area contributed by atoms with Gasteiger partial charge in [-0.15, -0.1) is 0 Å². The second-order valence-electron chi connectivity index (χ2n) is 10.1. The van der Waals surface area contributed by atoms with E-state index in [9.17, 15) is 4.79 Å². The Labute approximate surface area is 238 Å². The number of hydrogen-bond donors (Lipinski definition) is 1. The molecule has 1 atom stereocenters. The minimum Gasteiger partial charge on any atom is -0.457 e. The zero-order valence-corrected chi connectivity index (χ0v) is 23.4.